The molecule has 19 heavy (non-hydrogen) atoms. The molecular formula is C14H24N4O. The van der Waals surface area contributed by atoms with Gasteiger partial charge in [0.15, 0.2) is 0 Å². The smallest absolute Gasteiger partial charge is 0.224 e. The molecule has 2 N–H and O–H groups in total. The van der Waals surface area contributed by atoms with Crippen LogP contribution in [0.5, 0.6) is 0 Å². The number of rotatable bonds is 4. The first-order valence-electron chi connectivity index (χ1n) is 7.15. The zero-order valence-electron chi connectivity index (χ0n) is 11.9. The molecular weight excluding hydrogens is 240 g/mol. The second-order valence-corrected chi connectivity index (χ2v) is 5.50. The molecule has 5 nitrogen and oxygen atoms in total. The van der Waals surface area contributed by atoms with E-state index >= 15 is 0 Å². The van der Waals surface area contributed by atoms with E-state index in [1.165, 1.54) is 0 Å². The highest BCUT2D eigenvalue weighted by Crippen LogP contribution is 2.24. The molecule has 0 bridgehead atoms. The topological polar surface area (TPSA) is 61.3 Å². The SMILES string of the molecule is CCCNc1nccc(N2CCCC(C)(O)CC2)n1. The Labute approximate surface area is 115 Å². The fourth-order valence-electron chi connectivity index (χ4n) is 2.34. The van der Waals surface area contributed by atoms with Crippen LogP contribution < -0.4 is 10.2 Å². The van der Waals surface area contributed by atoms with Gasteiger partial charge in [-0.25, -0.2) is 4.98 Å². The minimum absolute atomic E-state index is 0.537. The van der Waals surface area contributed by atoms with Gasteiger partial charge < -0.3 is 15.3 Å². The third-order valence-electron chi connectivity index (χ3n) is 3.56. The molecule has 2 rings (SSSR count). The van der Waals surface area contributed by atoms with Crippen LogP contribution in [0.15, 0.2) is 12.3 Å². The van der Waals surface area contributed by atoms with Crippen LogP contribution in [-0.2, 0) is 0 Å². The number of hydrogen-bond donors (Lipinski definition) is 2. The molecule has 0 amide bonds. The Morgan fingerprint density at radius 1 is 1.42 bits per heavy atom. The van der Waals surface area contributed by atoms with Gasteiger partial charge in [0.05, 0.1) is 5.60 Å². The average Bonchev–Trinajstić information content (AvgIpc) is 2.58. The van der Waals surface area contributed by atoms with Crippen LogP contribution in [0, 0.1) is 0 Å². The van der Waals surface area contributed by atoms with Gasteiger partial charge in [-0.05, 0) is 38.7 Å². The van der Waals surface area contributed by atoms with Crippen molar-refractivity contribution in [2.75, 3.05) is 29.9 Å². The molecule has 1 fully saturated rings. The van der Waals surface area contributed by atoms with Crippen molar-refractivity contribution in [3.63, 3.8) is 0 Å². The molecule has 5 heteroatoms. The van der Waals surface area contributed by atoms with E-state index in [4.69, 9.17) is 0 Å². The molecule has 0 saturated carbocycles. The number of nitrogens with zero attached hydrogens (tertiary/aromatic N) is 3. The molecule has 0 spiro atoms. The summed E-state index contributed by atoms with van der Waals surface area (Å²) >= 11 is 0. The van der Waals surface area contributed by atoms with Gasteiger partial charge in [-0.1, -0.05) is 6.92 Å². The molecule has 0 radical (unpaired) electrons. The summed E-state index contributed by atoms with van der Waals surface area (Å²) < 4.78 is 0. The molecule has 1 aliphatic rings. The van der Waals surface area contributed by atoms with Gasteiger partial charge in [0.1, 0.15) is 5.82 Å². The first-order chi connectivity index (χ1) is 9.11. The summed E-state index contributed by atoms with van der Waals surface area (Å²) in [5, 5.41) is 13.3. The van der Waals surface area contributed by atoms with Crippen molar-refractivity contribution in [1.29, 1.82) is 0 Å². The number of hydrogen-bond acceptors (Lipinski definition) is 5. The second-order valence-electron chi connectivity index (χ2n) is 5.50. The lowest BCUT2D eigenvalue weighted by Gasteiger charge is -2.23. The molecule has 1 aromatic rings. The van der Waals surface area contributed by atoms with E-state index in [0.717, 1.165) is 51.1 Å². The van der Waals surface area contributed by atoms with Gasteiger partial charge in [0, 0.05) is 25.8 Å². The molecule has 106 valence electrons. The molecule has 0 aliphatic carbocycles. The maximum atomic E-state index is 10.1. The maximum Gasteiger partial charge on any atom is 0.224 e. The van der Waals surface area contributed by atoms with Gasteiger partial charge in [0.2, 0.25) is 5.95 Å². The third kappa shape index (κ3) is 4.06. The van der Waals surface area contributed by atoms with Crippen molar-refractivity contribution in [3.8, 4) is 0 Å². The van der Waals surface area contributed by atoms with E-state index < -0.39 is 5.60 Å². The van der Waals surface area contributed by atoms with Crippen molar-refractivity contribution in [1.82, 2.24) is 9.97 Å². The summed E-state index contributed by atoms with van der Waals surface area (Å²) in [6, 6.07) is 1.94. The van der Waals surface area contributed by atoms with Gasteiger partial charge >= 0.3 is 0 Å². The van der Waals surface area contributed by atoms with Crippen LogP contribution in [0.3, 0.4) is 0 Å². The van der Waals surface area contributed by atoms with E-state index in [1.807, 2.05) is 13.0 Å². The van der Waals surface area contributed by atoms with Gasteiger partial charge in [0.25, 0.3) is 0 Å². The Morgan fingerprint density at radius 3 is 3.05 bits per heavy atom. The lowest BCUT2D eigenvalue weighted by Crippen LogP contribution is -2.29. The Kier molecular flexibility index (Phi) is 4.58. The third-order valence-corrected chi connectivity index (χ3v) is 3.56. The Balaban J connectivity index is 2.04. The number of nitrogens with one attached hydrogen (secondary N) is 1. The molecule has 1 unspecified atom stereocenters. The Bertz CT molecular complexity index is 408. The van der Waals surface area contributed by atoms with Crippen molar-refractivity contribution in [2.45, 2.75) is 45.1 Å². The van der Waals surface area contributed by atoms with Gasteiger partial charge in [-0.3, -0.25) is 0 Å². The summed E-state index contributed by atoms with van der Waals surface area (Å²) in [6.45, 7) is 6.72. The molecule has 1 aliphatic heterocycles. The van der Waals surface area contributed by atoms with Crippen LogP contribution in [0.25, 0.3) is 0 Å². The molecule has 1 aromatic heterocycles. The highest BCUT2D eigenvalue weighted by Gasteiger charge is 2.25. The lowest BCUT2D eigenvalue weighted by atomic mass is 9.98. The van der Waals surface area contributed by atoms with E-state index in [-0.39, 0.29) is 0 Å². The normalized spacial score (nSPS) is 24.1. The van der Waals surface area contributed by atoms with Gasteiger partial charge in [-0.2, -0.15) is 4.98 Å². The molecule has 2 heterocycles. The first-order valence-corrected chi connectivity index (χ1v) is 7.15. The van der Waals surface area contributed by atoms with E-state index in [2.05, 4.69) is 27.1 Å². The standard InChI is InChI=1S/C14H24N4O/c1-3-8-15-13-16-9-5-12(17-13)18-10-4-6-14(2,19)7-11-18/h5,9,19H,3-4,6-8,10-11H2,1-2H3,(H,15,16,17). The minimum atomic E-state index is -0.537. The minimum Gasteiger partial charge on any atom is -0.390 e. The predicted molar refractivity (Wildman–Crippen MR) is 77.5 cm³/mol. The number of aromatic nitrogens is 2. The van der Waals surface area contributed by atoms with Crippen molar-refractivity contribution < 1.29 is 5.11 Å². The molecule has 0 aromatic carbocycles. The zero-order chi connectivity index (χ0) is 13.7. The number of anilines is 2. The van der Waals surface area contributed by atoms with E-state index in [0.29, 0.717) is 5.95 Å². The van der Waals surface area contributed by atoms with Crippen molar-refractivity contribution in [2.24, 2.45) is 0 Å². The van der Waals surface area contributed by atoms with Gasteiger partial charge in [-0.15, -0.1) is 0 Å². The highest BCUT2D eigenvalue weighted by molar-refractivity contribution is 5.42. The monoisotopic (exact) mass is 264 g/mol. The zero-order valence-corrected chi connectivity index (χ0v) is 11.9. The molecule has 1 saturated heterocycles. The van der Waals surface area contributed by atoms with Crippen LogP contribution in [0.4, 0.5) is 11.8 Å². The lowest BCUT2D eigenvalue weighted by molar-refractivity contribution is 0.0481. The van der Waals surface area contributed by atoms with E-state index in [9.17, 15) is 5.11 Å². The van der Waals surface area contributed by atoms with Crippen LogP contribution in [0.2, 0.25) is 0 Å². The average molecular weight is 264 g/mol. The fraction of sp³-hybridized carbons (Fsp3) is 0.714. The summed E-state index contributed by atoms with van der Waals surface area (Å²) in [6.07, 6.45) is 5.49. The van der Waals surface area contributed by atoms with Crippen LogP contribution in [-0.4, -0.2) is 40.3 Å². The fourth-order valence-corrected chi connectivity index (χ4v) is 2.34. The van der Waals surface area contributed by atoms with E-state index in [1.54, 1.807) is 6.20 Å². The first kappa shape index (κ1) is 14.1. The van der Waals surface area contributed by atoms with Crippen molar-refractivity contribution in [3.05, 3.63) is 12.3 Å². The second kappa shape index (κ2) is 6.19. The quantitative estimate of drug-likeness (QED) is 0.871. The summed E-state index contributed by atoms with van der Waals surface area (Å²) in [4.78, 5) is 11.0. The maximum absolute atomic E-state index is 10.1. The molecule has 1 atom stereocenters. The van der Waals surface area contributed by atoms with Crippen LogP contribution in [0.1, 0.15) is 39.5 Å². The summed E-state index contributed by atoms with van der Waals surface area (Å²) in [5.41, 5.74) is -0.537. The Hall–Kier alpha value is -1.36. The Morgan fingerprint density at radius 2 is 2.26 bits per heavy atom. The predicted octanol–water partition coefficient (Wildman–Crippen LogP) is 2.04. The van der Waals surface area contributed by atoms with Crippen LogP contribution >= 0.6 is 0 Å². The largest absolute Gasteiger partial charge is 0.390 e. The highest BCUT2D eigenvalue weighted by atomic mass is 16.3. The van der Waals surface area contributed by atoms with Crippen molar-refractivity contribution >= 4 is 11.8 Å². The number of aliphatic hydroxyl groups is 1. The summed E-state index contributed by atoms with van der Waals surface area (Å²) in [5.74, 6) is 1.64. The summed E-state index contributed by atoms with van der Waals surface area (Å²) in [7, 11) is 0.